The van der Waals surface area contributed by atoms with E-state index in [-0.39, 0.29) is 12.2 Å². The van der Waals surface area contributed by atoms with Crippen LogP contribution in [0.3, 0.4) is 0 Å². The Bertz CT molecular complexity index is 621. The highest BCUT2D eigenvalue weighted by Crippen LogP contribution is 2.32. The van der Waals surface area contributed by atoms with Gasteiger partial charge in [0.15, 0.2) is 0 Å². The SMILES string of the molecule is O=S(=O)(OC1=CCC(CCc2ccccc2)CC1)C(F)(F)F. The number of halogens is 3. The van der Waals surface area contributed by atoms with Crippen LogP contribution < -0.4 is 0 Å². The van der Waals surface area contributed by atoms with Gasteiger partial charge in [-0.05, 0) is 43.2 Å². The van der Waals surface area contributed by atoms with Crippen LogP contribution in [0.25, 0.3) is 0 Å². The molecule has 1 aromatic carbocycles. The minimum atomic E-state index is -5.54. The predicted octanol–water partition coefficient (Wildman–Crippen LogP) is 4.17. The molecule has 0 amide bonds. The van der Waals surface area contributed by atoms with E-state index in [1.165, 1.54) is 11.6 Å². The molecule has 0 spiro atoms. The molecule has 0 radical (unpaired) electrons. The molecule has 0 saturated heterocycles. The number of allylic oxidation sites excluding steroid dienone is 2. The molecule has 22 heavy (non-hydrogen) atoms. The van der Waals surface area contributed by atoms with Gasteiger partial charge in [-0.3, -0.25) is 0 Å². The molecule has 1 unspecified atom stereocenters. The predicted molar refractivity (Wildman–Crippen MR) is 76.2 cm³/mol. The van der Waals surface area contributed by atoms with E-state index in [1.54, 1.807) is 0 Å². The summed E-state index contributed by atoms with van der Waals surface area (Å²) in [5.74, 6) is 0.231. The van der Waals surface area contributed by atoms with Crippen LogP contribution in [-0.4, -0.2) is 13.9 Å². The molecule has 1 aromatic rings. The van der Waals surface area contributed by atoms with Crippen LogP contribution in [0.15, 0.2) is 42.2 Å². The van der Waals surface area contributed by atoms with E-state index in [4.69, 9.17) is 0 Å². The maximum atomic E-state index is 12.2. The number of hydrogen-bond donors (Lipinski definition) is 0. The zero-order chi connectivity index (χ0) is 16.2. The first-order valence-corrected chi connectivity index (χ1v) is 8.42. The van der Waals surface area contributed by atoms with Crippen molar-refractivity contribution in [3.8, 4) is 0 Å². The Morgan fingerprint density at radius 3 is 2.41 bits per heavy atom. The first-order chi connectivity index (χ1) is 10.3. The first kappa shape index (κ1) is 16.9. The van der Waals surface area contributed by atoms with Gasteiger partial charge < -0.3 is 4.18 Å². The average Bonchev–Trinajstić information content (AvgIpc) is 2.46. The molecule has 2 rings (SSSR count). The maximum Gasteiger partial charge on any atom is 0.534 e. The Morgan fingerprint density at radius 2 is 1.86 bits per heavy atom. The molecule has 1 aliphatic carbocycles. The molecular weight excluding hydrogens is 317 g/mol. The van der Waals surface area contributed by atoms with Crippen LogP contribution in [-0.2, 0) is 20.7 Å². The van der Waals surface area contributed by atoms with Gasteiger partial charge in [-0.15, -0.1) is 0 Å². The quantitative estimate of drug-likeness (QED) is 0.599. The van der Waals surface area contributed by atoms with E-state index in [1.807, 2.05) is 30.3 Å². The number of aryl methyl sites for hydroxylation is 1. The lowest BCUT2D eigenvalue weighted by molar-refractivity contribution is -0.0524. The highest BCUT2D eigenvalue weighted by molar-refractivity contribution is 7.87. The van der Waals surface area contributed by atoms with Crippen molar-refractivity contribution in [2.24, 2.45) is 5.92 Å². The van der Waals surface area contributed by atoms with Crippen LogP contribution in [0.5, 0.6) is 0 Å². The average molecular weight is 334 g/mol. The molecule has 0 fully saturated rings. The topological polar surface area (TPSA) is 43.4 Å². The molecule has 0 N–H and O–H groups in total. The second kappa shape index (κ2) is 6.73. The van der Waals surface area contributed by atoms with Crippen molar-refractivity contribution in [3.05, 3.63) is 47.7 Å². The van der Waals surface area contributed by atoms with Crippen LogP contribution in [0, 0.1) is 5.92 Å². The number of alkyl halides is 3. The third kappa shape index (κ3) is 4.50. The van der Waals surface area contributed by atoms with Gasteiger partial charge in [0.2, 0.25) is 0 Å². The summed E-state index contributed by atoms with van der Waals surface area (Å²) in [6.45, 7) is 0. The highest BCUT2D eigenvalue weighted by Gasteiger charge is 2.48. The maximum absolute atomic E-state index is 12.2. The van der Waals surface area contributed by atoms with Crippen LogP contribution in [0.2, 0.25) is 0 Å². The molecule has 0 saturated carbocycles. The summed E-state index contributed by atoms with van der Waals surface area (Å²) >= 11 is 0. The molecule has 0 aromatic heterocycles. The summed E-state index contributed by atoms with van der Waals surface area (Å²) in [4.78, 5) is 0. The first-order valence-electron chi connectivity index (χ1n) is 7.01. The second-order valence-electron chi connectivity index (χ2n) is 5.32. The van der Waals surface area contributed by atoms with Crippen molar-refractivity contribution in [1.82, 2.24) is 0 Å². The molecule has 0 aliphatic heterocycles. The Kier molecular flexibility index (Phi) is 5.16. The number of rotatable bonds is 5. The van der Waals surface area contributed by atoms with Crippen LogP contribution in [0.4, 0.5) is 13.2 Å². The molecular formula is C15H17F3O3S. The summed E-state index contributed by atoms with van der Waals surface area (Å²) in [6.07, 6.45) is 4.66. The van der Waals surface area contributed by atoms with E-state index in [2.05, 4.69) is 4.18 Å². The van der Waals surface area contributed by atoms with Gasteiger partial charge in [-0.1, -0.05) is 30.3 Å². The van der Waals surface area contributed by atoms with Crippen molar-refractivity contribution in [3.63, 3.8) is 0 Å². The van der Waals surface area contributed by atoms with Crippen molar-refractivity contribution < 1.29 is 25.8 Å². The summed E-state index contributed by atoms with van der Waals surface area (Å²) in [5.41, 5.74) is -4.16. The van der Waals surface area contributed by atoms with Crippen molar-refractivity contribution in [2.75, 3.05) is 0 Å². The molecule has 1 atom stereocenters. The van der Waals surface area contributed by atoms with Gasteiger partial charge in [-0.2, -0.15) is 21.6 Å². The fourth-order valence-electron chi connectivity index (χ4n) is 2.41. The normalized spacial score (nSPS) is 19.6. The fourth-order valence-corrected chi connectivity index (χ4v) is 2.93. The number of benzene rings is 1. The third-order valence-electron chi connectivity index (χ3n) is 3.66. The Hall–Kier alpha value is -1.50. The summed E-state index contributed by atoms with van der Waals surface area (Å²) in [5, 5.41) is 0. The summed E-state index contributed by atoms with van der Waals surface area (Å²) in [6, 6.07) is 9.93. The Labute approximate surface area is 127 Å². The third-order valence-corrected chi connectivity index (χ3v) is 4.66. The van der Waals surface area contributed by atoms with Crippen molar-refractivity contribution in [2.45, 2.75) is 37.6 Å². The Morgan fingerprint density at radius 1 is 1.18 bits per heavy atom. The van der Waals surface area contributed by atoms with Crippen molar-refractivity contribution in [1.29, 1.82) is 0 Å². The van der Waals surface area contributed by atoms with E-state index in [9.17, 15) is 21.6 Å². The van der Waals surface area contributed by atoms with E-state index in [0.29, 0.717) is 18.8 Å². The standard InChI is InChI=1S/C15H17F3O3S/c16-15(17,18)22(19,20)21-14-10-8-13(9-11-14)7-6-12-4-2-1-3-5-12/h1-5,10,13H,6-9,11H2. The van der Waals surface area contributed by atoms with Crippen molar-refractivity contribution >= 4 is 10.1 Å². The van der Waals surface area contributed by atoms with Gasteiger partial charge >= 0.3 is 15.6 Å². The molecule has 0 heterocycles. The zero-order valence-electron chi connectivity index (χ0n) is 11.8. The van der Waals surface area contributed by atoms with Gasteiger partial charge in [0.1, 0.15) is 5.76 Å². The monoisotopic (exact) mass is 334 g/mol. The lowest BCUT2D eigenvalue weighted by Crippen LogP contribution is -2.26. The minimum Gasteiger partial charge on any atom is -0.381 e. The largest absolute Gasteiger partial charge is 0.534 e. The molecule has 3 nitrogen and oxygen atoms in total. The summed E-state index contributed by atoms with van der Waals surface area (Å²) in [7, 11) is -5.54. The smallest absolute Gasteiger partial charge is 0.381 e. The molecule has 1 aliphatic rings. The van der Waals surface area contributed by atoms with Gasteiger partial charge in [0.25, 0.3) is 0 Å². The molecule has 122 valence electrons. The number of hydrogen-bond acceptors (Lipinski definition) is 3. The van der Waals surface area contributed by atoms with Gasteiger partial charge in [0, 0.05) is 6.42 Å². The minimum absolute atomic E-state index is 0.103. The zero-order valence-corrected chi connectivity index (χ0v) is 12.7. The van der Waals surface area contributed by atoms with Gasteiger partial charge in [-0.25, -0.2) is 0 Å². The lowest BCUT2D eigenvalue weighted by atomic mass is 9.88. The van der Waals surface area contributed by atoms with Crippen LogP contribution in [0.1, 0.15) is 31.2 Å². The van der Waals surface area contributed by atoms with Crippen LogP contribution >= 0.6 is 0 Å². The van der Waals surface area contributed by atoms with Gasteiger partial charge in [0.05, 0.1) is 0 Å². The lowest BCUT2D eigenvalue weighted by Gasteiger charge is -2.22. The van der Waals surface area contributed by atoms with E-state index in [0.717, 1.165) is 12.8 Å². The second-order valence-corrected chi connectivity index (χ2v) is 6.86. The molecule has 0 bridgehead atoms. The summed E-state index contributed by atoms with van der Waals surface area (Å²) < 4.78 is 62.7. The van der Waals surface area contributed by atoms with E-state index >= 15 is 0 Å². The van der Waals surface area contributed by atoms with E-state index < -0.39 is 15.6 Å². The Balaban J connectivity index is 1.85. The molecule has 7 heteroatoms. The highest BCUT2D eigenvalue weighted by atomic mass is 32.2. The fraction of sp³-hybridized carbons (Fsp3) is 0.467.